The number of phenols is 1. The lowest BCUT2D eigenvalue weighted by atomic mass is 9.96. The number of alkyl carbamates (subject to hydrolysis) is 1. The third-order valence-corrected chi connectivity index (χ3v) is 6.97. The molecule has 3 aromatic rings. The molecule has 3 N–H and O–H groups in total. The monoisotopic (exact) mass is 557 g/mol. The number of nitrogens with zero attached hydrogens (tertiary/aromatic N) is 1. The maximum absolute atomic E-state index is 14.5. The van der Waals surface area contributed by atoms with Gasteiger partial charge in [0.25, 0.3) is 5.91 Å². The average Bonchev–Trinajstić information content (AvgIpc) is 3.74. The van der Waals surface area contributed by atoms with Gasteiger partial charge in [0.2, 0.25) is 5.91 Å². The minimum Gasteiger partial charge on any atom is -0.508 e. The third-order valence-electron chi connectivity index (χ3n) is 6.97. The lowest BCUT2D eigenvalue weighted by molar-refractivity contribution is -0.141. The predicted octanol–water partition coefficient (Wildman–Crippen LogP) is 5.82. The van der Waals surface area contributed by atoms with Crippen LogP contribution in [0.25, 0.3) is 0 Å². The highest BCUT2D eigenvalue weighted by Gasteiger charge is 2.44. The van der Waals surface area contributed by atoms with Crippen LogP contribution in [0.5, 0.6) is 5.75 Å². The number of carbonyl (C=O) groups excluding carboxylic acids is 3. The number of anilines is 1. The number of nitrogens with one attached hydrogen (secondary N) is 2. The van der Waals surface area contributed by atoms with Gasteiger partial charge in [-0.15, -0.1) is 0 Å². The van der Waals surface area contributed by atoms with Gasteiger partial charge in [0.1, 0.15) is 23.4 Å². The average molecular weight is 558 g/mol. The first-order chi connectivity index (χ1) is 19.4. The highest BCUT2D eigenvalue weighted by atomic mass is 16.6. The van der Waals surface area contributed by atoms with E-state index in [9.17, 15) is 19.5 Å². The van der Waals surface area contributed by atoms with Crippen molar-refractivity contribution in [3.05, 3.63) is 95.1 Å². The van der Waals surface area contributed by atoms with Crippen LogP contribution in [0.4, 0.5) is 10.5 Å². The zero-order valence-corrected chi connectivity index (χ0v) is 24.3. The molecule has 8 nitrogen and oxygen atoms in total. The summed E-state index contributed by atoms with van der Waals surface area (Å²) in [6.07, 6.45) is 0.942. The molecule has 2 atom stereocenters. The van der Waals surface area contributed by atoms with E-state index in [-0.39, 0.29) is 30.0 Å². The first-order valence-electron chi connectivity index (χ1n) is 13.9. The quantitative estimate of drug-likeness (QED) is 0.308. The van der Waals surface area contributed by atoms with E-state index in [1.54, 1.807) is 37.8 Å². The molecule has 3 aromatic carbocycles. The maximum atomic E-state index is 14.5. The number of rotatable bonds is 9. The topological polar surface area (TPSA) is 108 Å². The number of hydrogen-bond acceptors (Lipinski definition) is 5. The van der Waals surface area contributed by atoms with Crippen LogP contribution in [0.1, 0.15) is 61.9 Å². The summed E-state index contributed by atoms with van der Waals surface area (Å²) < 4.78 is 5.49. The van der Waals surface area contributed by atoms with E-state index in [0.29, 0.717) is 5.69 Å². The van der Waals surface area contributed by atoms with Gasteiger partial charge >= 0.3 is 6.09 Å². The molecule has 0 aliphatic heterocycles. The Labute approximate surface area is 241 Å². The van der Waals surface area contributed by atoms with Crippen molar-refractivity contribution in [2.75, 3.05) is 5.32 Å². The second kappa shape index (κ2) is 12.5. The number of phenolic OH excluding ortho intramolecular Hbond substituents is 1. The highest BCUT2D eigenvalue weighted by molar-refractivity contribution is 5.99. The van der Waals surface area contributed by atoms with Gasteiger partial charge < -0.3 is 25.4 Å². The van der Waals surface area contributed by atoms with Crippen LogP contribution < -0.4 is 10.6 Å². The Hall–Kier alpha value is -4.33. The summed E-state index contributed by atoms with van der Waals surface area (Å²) in [6, 6.07) is 19.5. The molecular weight excluding hydrogens is 518 g/mol. The third kappa shape index (κ3) is 7.87. The van der Waals surface area contributed by atoms with Crippen LogP contribution in [0.3, 0.4) is 0 Å². The van der Waals surface area contributed by atoms with E-state index < -0.39 is 23.8 Å². The first-order valence-corrected chi connectivity index (χ1v) is 13.9. The van der Waals surface area contributed by atoms with Crippen LogP contribution >= 0.6 is 0 Å². The minimum absolute atomic E-state index is 0.101. The van der Waals surface area contributed by atoms with Gasteiger partial charge in [0, 0.05) is 18.2 Å². The number of benzene rings is 3. The number of amides is 3. The fraction of sp³-hybridized carbons (Fsp3) is 0.364. The number of para-hydroxylation sites is 1. The minimum atomic E-state index is -1.01. The molecule has 2 unspecified atom stereocenters. The zero-order valence-electron chi connectivity index (χ0n) is 24.3. The number of aromatic hydroxyl groups is 1. The van der Waals surface area contributed by atoms with Gasteiger partial charge in [-0.2, -0.15) is 0 Å². The van der Waals surface area contributed by atoms with Crippen molar-refractivity contribution in [1.29, 1.82) is 0 Å². The Bertz CT molecular complexity index is 1390. The molecule has 4 rings (SSSR count). The second-order valence-electron chi connectivity index (χ2n) is 11.6. The molecule has 1 aliphatic rings. The molecule has 41 heavy (non-hydrogen) atoms. The van der Waals surface area contributed by atoms with Crippen LogP contribution in [0.15, 0.2) is 72.8 Å². The summed E-state index contributed by atoms with van der Waals surface area (Å²) in [5, 5.41) is 15.6. The fourth-order valence-corrected chi connectivity index (χ4v) is 4.79. The SMILES string of the molecule is Cc1ccccc1NC(=O)C(c1ccccc1C)N(C(=O)C(Cc1ccc(O)cc1)NC(=O)OC(C)(C)C)C1CC1. The van der Waals surface area contributed by atoms with Crippen molar-refractivity contribution in [2.24, 2.45) is 0 Å². The largest absolute Gasteiger partial charge is 0.508 e. The van der Waals surface area contributed by atoms with Crippen LogP contribution in [0.2, 0.25) is 0 Å². The van der Waals surface area contributed by atoms with Gasteiger partial charge in [-0.3, -0.25) is 9.59 Å². The Morgan fingerprint density at radius 2 is 1.54 bits per heavy atom. The van der Waals surface area contributed by atoms with Gasteiger partial charge in [0.05, 0.1) is 0 Å². The summed E-state index contributed by atoms with van der Waals surface area (Å²) in [5.74, 6) is -0.599. The number of ether oxygens (including phenoxy) is 1. The molecule has 0 aromatic heterocycles. The van der Waals surface area contributed by atoms with Crippen molar-refractivity contribution in [3.8, 4) is 5.75 Å². The molecule has 3 amide bonds. The Kier molecular flexibility index (Phi) is 9.01. The first kappa shape index (κ1) is 29.6. The fourth-order valence-electron chi connectivity index (χ4n) is 4.79. The lowest BCUT2D eigenvalue weighted by Gasteiger charge is -2.35. The number of hydrogen-bond donors (Lipinski definition) is 3. The summed E-state index contributed by atoms with van der Waals surface area (Å²) in [4.78, 5) is 43.1. The zero-order chi connectivity index (χ0) is 29.7. The second-order valence-corrected chi connectivity index (χ2v) is 11.6. The summed E-state index contributed by atoms with van der Waals surface area (Å²) >= 11 is 0. The van der Waals surface area contributed by atoms with Crippen molar-refractivity contribution in [3.63, 3.8) is 0 Å². The Morgan fingerprint density at radius 3 is 2.12 bits per heavy atom. The van der Waals surface area contributed by atoms with Crippen LogP contribution in [0, 0.1) is 13.8 Å². The van der Waals surface area contributed by atoms with Crippen molar-refractivity contribution in [2.45, 2.75) is 77.6 Å². The summed E-state index contributed by atoms with van der Waals surface area (Å²) in [7, 11) is 0. The summed E-state index contributed by atoms with van der Waals surface area (Å²) in [6.45, 7) is 9.10. The Balaban J connectivity index is 1.73. The van der Waals surface area contributed by atoms with Crippen LogP contribution in [-0.2, 0) is 20.7 Å². The molecule has 8 heteroatoms. The van der Waals surface area contributed by atoms with E-state index >= 15 is 0 Å². The molecule has 1 fully saturated rings. The van der Waals surface area contributed by atoms with Gasteiger partial charge in [-0.1, -0.05) is 54.6 Å². The predicted molar refractivity (Wildman–Crippen MR) is 159 cm³/mol. The summed E-state index contributed by atoms with van der Waals surface area (Å²) in [5.41, 5.74) is 3.16. The van der Waals surface area contributed by atoms with Crippen molar-refractivity contribution in [1.82, 2.24) is 10.2 Å². The normalized spacial score (nSPS) is 14.5. The molecule has 0 spiro atoms. The van der Waals surface area contributed by atoms with Crippen molar-refractivity contribution >= 4 is 23.6 Å². The molecular formula is C33H39N3O5. The Morgan fingerprint density at radius 1 is 0.927 bits per heavy atom. The highest BCUT2D eigenvalue weighted by Crippen LogP contribution is 2.37. The molecule has 1 saturated carbocycles. The molecule has 0 heterocycles. The maximum Gasteiger partial charge on any atom is 0.408 e. The molecule has 1 aliphatic carbocycles. The molecule has 0 saturated heterocycles. The van der Waals surface area contributed by atoms with E-state index in [1.165, 1.54) is 12.1 Å². The van der Waals surface area contributed by atoms with Gasteiger partial charge in [-0.05, 0) is 87.9 Å². The number of carbonyl (C=O) groups is 3. The van der Waals surface area contributed by atoms with Gasteiger partial charge in [0.15, 0.2) is 0 Å². The molecule has 216 valence electrons. The standard InChI is InChI=1S/C33H39N3O5/c1-21-10-6-8-12-26(21)29(30(38)34-27-13-9-7-11-22(27)2)36(24-16-17-24)31(39)28(35-32(40)41-33(3,4)5)20-23-14-18-25(37)19-15-23/h6-15,18-19,24,28-29,37H,16-17,20H2,1-5H3,(H,34,38)(H,35,40). The van der Waals surface area contributed by atoms with E-state index in [4.69, 9.17) is 4.74 Å². The van der Waals surface area contributed by atoms with E-state index in [1.807, 2.05) is 62.4 Å². The van der Waals surface area contributed by atoms with E-state index in [2.05, 4.69) is 10.6 Å². The smallest absolute Gasteiger partial charge is 0.408 e. The molecule has 0 radical (unpaired) electrons. The van der Waals surface area contributed by atoms with E-state index in [0.717, 1.165) is 35.1 Å². The van der Waals surface area contributed by atoms with Crippen molar-refractivity contribution < 1.29 is 24.2 Å². The molecule has 0 bridgehead atoms. The number of aryl methyl sites for hydroxylation is 2. The van der Waals surface area contributed by atoms with Gasteiger partial charge in [-0.25, -0.2) is 4.79 Å². The van der Waals surface area contributed by atoms with Crippen LogP contribution in [-0.4, -0.2) is 45.6 Å². The lowest BCUT2D eigenvalue weighted by Crippen LogP contribution is -2.54.